The topological polar surface area (TPSA) is 29.5 Å². The number of ether oxygens (including phenoxy) is 1. The van der Waals surface area contributed by atoms with Gasteiger partial charge in [0.2, 0.25) is 0 Å². The first-order valence-corrected chi connectivity index (χ1v) is 6.29. The van der Waals surface area contributed by atoms with Crippen LogP contribution in [0, 0.1) is 5.82 Å². The molecule has 1 unspecified atom stereocenters. The van der Waals surface area contributed by atoms with Gasteiger partial charge >= 0.3 is 0 Å². The van der Waals surface area contributed by atoms with E-state index in [1.807, 2.05) is 18.2 Å². The third kappa shape index (κ3) is 3.46. The van der Waals surface area contributed by atoms with Crippen LogP contribution in [0.4, 0.5) is 4.39 Å². The van der Waals surface area contributed by atoms with E-state index >= 15 is 0 Å². The van der Waals surface area contributed by atoms with Crippen molar-refractivity contribution < 1.29 is 14.2 Å². The summed E-state index contributed by atoms with van der Waals surface area (Å²) in [6, 6.07) is 11.7. The van der Waals surface area contributed by atoms with Crippen molar-refractivity contribution in [3.8, 4) is 5.75 Å². The number of halogens is 2. The Bertz CT molecular complexity index is 570. The normalized spacial score (nSPS) is 12.2. The number of aliphatic hydroxyl groups excluding tert-OH is 1. The van der Waals surface area contributed by atoms with E-state index in [1.165, 1.54) is 19.1 Å². The Kier molecular flexibility index (Phi) is 4.40. The van der Waals surface area contributed by atoms with E-state index in [-0.39, 0.29) is 12.2 Å². The standard InChI is InChI=1S/C15H14ClFO2/c1-10(18)13-7-6-12(8-15(13)17)19-9-11-4-2-3-5-14(11)16/h2-8,10,18H,9H2,1H3. The lowest BCUT2D eigenvalue weighted by atomic mass is 10.1. The second-order valence-electron chi connectivity index (χ2n) is 4.24. The molecule has 0 saturated carbocycles. The predicted molar refractivity (Wildman–Crippen MR) is 72.8 cm³/mol. The lowest BCUT2D eigenvalue weighted by Gasteiger charge is -2.10. The van der Waals surface area contributed by atoms with Crippen LogP contribution in [-0.4, -0.2) is 5.11 Å². The molecule has 0 aliphatic heterocycles. The third-order valence-corrected chi connectivity index (χ3v) is 3.14. The molecule has 2 aromatic carbocycles. The lowest BCUT2D eigenvalue weighted by Crippen LogP contribution is -1.99. The molecule has 0 heterocycles. The summed E-state index contributed by atoms with van der Waals surface area (Å²) in [5.41, 5.74) is 1.09. The van der Waals surface area contributed by atoms with E-state index in [9.17, 15) is 9.50 Å². The van der Waals surface area contributed by atoms with Gasteiger partial charge in [-0.25, -0.2) is 4.39 Å². The maximum absolute atomic E-state index is 13.6. The van der Waals surface area contributed by atoms with Gasteiger partial charge in [0.15, 0.2) is 0 Å². The minimum atomic E-state index is -0.836. The van der Waals surface area contributed by atoms with E-state index in [2.05, 4.69) is 0 Å². The van der Waals surface area contributed by atoms with Crippen LogP contribution >= 0.6 is 11.6 Å². The Labute approximate surface area is 116 Å². The van der Waals surface area contributed by atoms with Gasteiger partial charge in [0.25, 0.3) is 0 Å². The largest absolute Gasteiger partial charge is 0.489 e. The highest BCUT2D eigenvalue weighted by Crippen LogP contribution is 2.23. The minimum absolute atomic E-state index is 0.255. The molecule has 2 aromatic rings. The van der Waals surface area contributed by atoms with Gasteiger partial charge in [-0.05, 0) is 25.1 Å². The number of benzene rings is 2. The summed E-state index contributed by atoms with van der Waals surface area (Å²) < 4.78 is 19.1. The Hall–Kier alpha value is -1.58. The van der Waals surface area contributed by atoms with Gasteiger partial charge in [-0.1, -0.05) is 29.8 Å². The smallest absolute Gasteiger partial charge is 0.132 e. The Morgan fingerprint density at radius 2 is 2.00 bits per heavy atom. The molecule has 0 aliphatic carbocycles. The molecule has 4 heteroatoms. The average Bonchev–Trinajstić information content (AvgIpc) is 2.37. The highest BCUT2D eigenvalue weighted by Gasteiger charge is 2.09. The molecular weight excluding hydrogens is 267 g/mol. The lowest BCUT2D eigenvalue weighted by molar-refractivity contribution is 0.194. The van der Waals surface area contributed by atoms with Crippen molar-refractivity contribution in [3.05, 3.63) is 64.4 Å². The van der Waals surface area contributed by atoms with Crippen LogP contribution in [0.3, 0.4) is 0 Å². The molecule has 100 valence electrons. The van der Waals surface area contributed by atoms with Gasteiger partial charge in [0, 0.05) is 22.2 Å². The van der Waals surface area contributed by atoms with Crippen molar-refractivity contribution in [2.45, 2.75) is 19.6 Å². The van der Waals surface area contributed by atoms with Crippen molar-refractivity contribution in [2.75, 3.05) is 0 Å². The number of hydrogen-bond donors (Lipinski definition) is 1. The van der Waals surface area contributed by atoms with Crippen molar-refractivity contribution in [2.24, 2.45) is 0 Å². The monoisotopic (exact) mass is 280 g/mol. The van der Waals surface area contributed by atoms with E-state index in [0.29, 0.717) is 10.8 Å². The summed E-state index contributed by atoms with van der Waals surface area (Å²) in [6.07, 6.45) is -0.836. The highest BCUT2D eigenvalue weighted by molar-refractivity contribution is 6.31. The molecule has 0 amide bonds. The van der Waals surface area contributed by atoms with Gasteiger partial charge < -0.3 is 9.84 Å². The van der Waals surface area contributed by atoms with E-state index in [4.69, 9.17) is 16.3 Å². The quantitative estimate of drug-likeness (QED) is 0.913. The molecular formula is C15H14ClFO2. The van der Waals surface area contributed by atoms with Gasteiger partial charge in [-0.2, -0.15) is 0 Å². The van der Waals surface area contributed by atoms with Gasteiger partial charge in [0.05, 0.1) is 6.10 Å². The zero-order valence-corrected chi connectivity index (χ0v) is 11.2. The van der Waals surface area contributed by atoms with Crippen molar-refractivity contribution in [3.63, 3.8) is 0 Å². The fourth-order valence-electron chi connectivity index (χ4n) is 1.71. The van der Waals surface area contributed by atoms with Crippen molar-refractivity contribution in [1.29, 1.82) is 0 Å². The second kappa shape index (κ2) is 6.04. The van der Waals surface area contributed by atoms with Gasteiger partial charge in [-0.15, -0.1) is 0 Å². The van der Waals surface area contributed by atoms with Gasteiger partial charge in [0.1, 0.15) is 18.2 Å². The fourth-order valence-corrected chi connectivity index (χ4v) is 1.90. The summed E-state index contributed by atoms with van der Waals surface area (Å²) in [4.78, 5) is 0. The van der Waals surface area contributed by atoms with Crippen LogP contribution in [0.1, 0.15) is 24.2 Å². The minimum Gasteiger partial charge on any atom is -0.489 e. The molecule has 0 radical (unpaired) electrons. The summed E-state index contributed by atoms with van der Waals surface area (Å²) in [6.45, 7) is 1.79. The van der Waals surface area contributed by atoms with E-state index in [0.717, 1.165) is 5.56 Å². The SMILES string of the molecule is CC(O)c1ccc(OCc2ccccc2Cl)cc1F. The molecule has 2 rings (SSSR count). The summed E-state index contributed by atoms with van der Waals surface area (Å²) >= 11 is 6.00. The molecule has 0 aromatic heterocycles. The fraction of sp³-hybridized carbons (Fsp3) is 0.200. The van der Waals surface area contributed by atoms with Gasteiger partial charge in [-0.3, -0.25) is 0 Å². The Morgan fingerprint density at radius 1 is 1.26 bits per heavy atom. The molecule has 0 fully saturated rings. The summed E-state index contributed by atoms with van der Waals surface area (Å²) in [5.74, 6) is -0.0755. The van der Waals surface area contributed by atoms with Crippen molar-refractivity contribution >= 4 is 11.6 Å². The molecule has 0 spiro atoms. The first-order valence-electron chi connectivity index (χ1n) is 5.91. The molecule has 1 N–H and O–H groups in total. The number of aliphatic hydroxyl groups is 1. The predicted octanol–water partition coefficient (Wildman–Crippen LogP) is 4.11. The first kappa shape index (κ1) is 13.8. The van der Waals surface area contributed by atoms with Crippen LogP contribution in [0.5, 0.6) is 5.75 Å². The van der Waals surface area contributed by atoms with Crippen LogP contribution in [0.2, 0.25) is 5.02 Å². The van der Waals surface area contributed by atoms with Crippen molar-refractivity contribution in [1.82, 2.24) is 0 Å². The number of rotatable bonds is 4. The zero-order valence-electron chi connectivity index (χ0n) is 10.4. The maximum Gasteiger partial charge on any atom is 0.132 e. The first-order chi connectivity index (χ1) is 9.08. The van der Waals surface area contributed by atoms with E-state index < -0.39 is 11.9 Å². The second-order valence-corrected chi connectivity index (χ2v) is 4.65. The molecule has 0 aliphatic rings. The molecule has 2 nitrogen and oxygen atoms in total. The Morgan fingerprint density at radius 3 is 2.63 bits per heavy atom. The number of hydrogen-bond acceptors (Lipinski definition) is 2. The Balaban J connectivity index is 2.08. The maximum atomic E-state index is 13.6. The zero-order chi connectivity index (χ0) is 13.8. The summed E-state index contributed by atoms with van der Waals surface area (Å²) in [7, 11) is 0. The third-order valence-electron chi connectivity index (χ3n) is 2.77. The highest BCUT2D eigenvalue weighted by atomic mass is 35.5. The van der Waals surface area contributed by atoms with E-state index in [1.54, 1.807) is 12.1 Å². The van der Waals surface area contributed by atoms with Crippen LogP contribution in [0.25, 0.3) is 0 Å². The van der Waals surface area contributed by atoms with Crippen LogP contribution in [0.15, 0.2) is 42.5 Å². The molecule has 19 heavy (non-hydrogen) atoms. The molecule has 1 atom stereocenters. The average molecular weight is 281 g/mol. The van der Waals surface area contributed by atoms with Crippen LogP contribution < -0.4 is 4.74 Å². The van der Waals surface area contributed by atoms with Crippen LogP contribution in [-0.2, 0) is 6.61 Å². The molecule has 0 saturated heterocycles. The summed E-state index contributed by atoms with van der Waals surface area (Å²) in [5, 5.41) is 9.96. The molecule has 0 bridgehead atoms.